The number of hydrogen-bond donors (Lipinski definition) is 2. The van der Waals surface area contributed by atoms with Crippen LogP contribution in [-0.2, 0) is 4.79 Å². The lowest BCUT2D eigenvalue weighted by Crippen LogP contribution is -2.50. The molecule has 0 radical (unpaired) electrons. The average molecular weight is 404 g/mol. The van der Waals surface area contributed by atoms with Gasteiger partial charge in [-0.15, -0.1) is 0 Å². The maximum Gasteiger partial charge on any atom is 0.257 e. The number of β-amino-alcohol motifs (C(OH)–C–C–N with tert-alkyl or cyclic N) is 1. The van der Waals surface area contributed by atoms with Crippen molar-refractivity contribution in [3.63, 3.8) is 0 Å². The Labute approximate surface area is 173 Å². The number of aliphatic hydroxyl groups is 1. The molecule has 2 fully saturated rings. The van der Waals surface area contributed by atoms with Gasteiger partial charge in [-0.25, -0.2) is 0 Å². The second-order valence-electron chi connectivity index (χ2n) is 8.32. The lowest BCUT2D eigenvalue weighted by Gasteiger charge is -2.38. The maximum atomic E-state index is 13.0. The van der Waals surface area contributed by atoms with Crippen molar-refractivity contribution in [1.29, 1.82) is 0 Å². The van der Waals surface area contributed by atoms with Gasteiger partial charge in [0.2, 0.25) is 5.91 Å². The third-order valence-corrected chi connectivity index (χ3v) is 6.05. The molecule has 2 aliphatic rings. The highest BCUT2D eigenvalue weighted by Gasteiger charge is 2.35. The zero-order valence-electron chi connectivity index (χ0n) is 17.5. The van der Waals surface area contributed by atoms with Crippen LogP contribution in [-0.4, -0.2) is 78.2 Å². The summed E-state index contributed by atoms with van der Waals surface area (Å²) in [6, 6.07) is 7.52. The van der Waals surface area contributed by atoms with Gasteiger partial charge in [-0.3, -0.25) is 9.59 Å². The highest BCUT2D eigenvalue weighted by molar-refractivity contribution is 5.97. The van der Waals surface area contributed by atoms with E-state index in [-0.39, 0.29) is 17.9 Å². The van der Waals surface area contributed by atoms with Gasteiger partial charge in [-0.05, 0) is 44.2 Å². The Morgan fingerprint density at radius 1 is 1.17 bits per heavy atom. The van der Waals surface area contributed by atoms with Crippen LogP contribution < -0.4 is 10.1 Å². The molecule has 7 heteroatoms. The molecule has 1 atom stereocenters. The van der Waals surface area contributed by atoms with E-state index in [9.17, 15) is 14.7 Å². The number of benzene rings is 1. The quantitative estimate of drug-likeness (QED) is 0.781. The molecule has 3 rings (SSSR count). The Bertz CT molecular complexity index is 718. The van der Waals surface area contributed by atoms with Crippen molar-refractivity contribution in [2.75, 3.05) is 39.8 Å². The second kappa shape index (κ2) is 9.59. The van der Waals surface area contributed by atoms with E-state index in [0.717, 1.165) is 32.4 Å². The molecule has 29 heavy (non-hydrogen) atoms. The number of nitrogens with one attached hydrogen (secondary N) is 1. The van der Waals surface area contributed by atoms with Crippen molar-refractivity contribution in [3.8, 4) is 5.75 Å². The topological polar surface area (TPSA) is 82.1 Å². The molecule has 2 saturated heterocycles. The third kappa shape index (κ3) is 5.70. The van der Waals surface area contributed by atoms with Crippen LogP contribution >= 0.6 is 0 Å². The summed E-state index contributed by atoms with van der Waals surface area (Å²) in [5.74, 6) is 0.563. The number of rotatable bonds is 5. The summed E-state index contributed by atoms with van der Waals surface area (Å²) in [6.07, 6.45) is 3.86. The predicted octanol–water partition coefficient (Wildman–Crippen LogP) is 1.65. The highest BCUT2D eigenvalue weighted by atomic mass is 16.5. The number of amides is 2. The maximum absolute atomic E-state index is 13.0. The van der Waals surface area contributed by atoms with E-state index in [2.05, 4.69) is 10.2 Å². The molecule has 2 heterocycles. The standard InChI is InChI=1S/C22H33N3O4/c1-17(26)23-18-8-13-24(14-9-18)16-22(28)10-5-12-25(15-11-22)21(27)19-6-3-4-7-20(19)29-2/h3-4,6-7,18,28H,5,8-16H2,1-2H3,(H,23,26)/t22-/m1/s1. The second-order valence-corrected chi connectivity index (χ2v) is 8.32. The lowest BCUT2D eigenvalue weighted by molar-refractivity contribution is -0.120. The summed E-state index contributed by atoms with van der Waals surface area (Å²) in [5.41, 5.74) is -0.211. The molecular formula is C22H33N3O4. The first-order chi connectivity index (χ1) is 13.9. The molecule has 0 bridgehead atoms. The van der Waals surface area contributed by atoms with Gasteiger partial charge in [0.25, 0.3) is 5.91 Å². The number of ether oxygens (including phenoxy) is 1. The van der Waals surface area contributed by atoms with E-state index < -0.39 is 5.60 Å². The zero-order valence-corrected chi connectivity index (χ0v) is 17.5. The number of nitrogens with zero attached hydrogens (tertiary/aromatic N) is 2. The van der Waals surface area contributed by atoms with E-state index in [1.807, 2.05) is 17.0 Å². The van der Waals surface area contributed by atoms with Gasteiger partial charge in [0.15, 0.2) is 0 Å². The fraction of sp³-hybridized carbons (Fsp3) is 0.636. The van der Waals surface area contributed by atoms with Crippen molar-refractivity contribution in [2.45, 2.75) is 50.7 Å². The normalized spacial score (nSPS) is 24.0. The van der Waals surface area contributed by atoms with Gasteiger partial charge in [0.05, 0.1) is 18.3 Å². The average Bonchev–Trinajstić information content (AvgIpc) is 2.90. The highest BCUT2D eigenvalue weighted by Crippen LogP contribution is 2.27. The number of methoxy groups -OCH3 is 1. The van der Waals surface area contributed by atoms with Crippen LogP contribution in [0.5, 0.6) is 5.75 Å². The van der Waals surface area contributed by atoms with Crippen molar-refractivity contribution in [2.24, 2.45) is 0 Å². The number of piperidine rings is 1. The van der Waals surface area contributed by atoms with Gasteiger partial charge in [-0.1, -0.05) is 12.1 Å². The minimum Gasteiger partial charge on any atom is -0.496 e. The lowest BCUT2D eigenvalue weighted by atomic mass is 9.93. The zero-order chi connectivity index (χ0) is 20.9. The summed E-state index contributed by atoms with van der Waals surface area (Å²) in [6.45, 7) is 5.10. The van der Waals surface area contributed by atoms with E-state index in [1.165, 1.54) is 0 Å². The van der Waals surface area contributed by atoms with E-state index in [1.54, 1.807) is 26.2 Å². The van der Waals surface area contributed by atoms with Crippen LogP contribution in [0.4, 0.5) is 0 Å². The summed E-state index contributed by atoms with van der Waals surface area (Å²) in [5, 5.41) is 14.2. The Hall–Kier alpha value is -2.12. The van der Waals surface area contributed by atoms with Crippen LogP contribution in [0.3, 0.4) is 0 Å². The summed E-state index contributed by atoms with van der Waals surface area (Å²) < 4.78 is 5.33. The predicted molar refractivity (Wildman–Crippen MR) is 111 cm³/mol. The van der Waals surface area contributed by atoms with Crippen LogP contribution in [0.2, 0.25) is 0 Å². The number of carbonyl (C=O) groups excluding carboxylic acids is 2. The minimum atomic E-state index is -0.781. The molecule has 0 unspecified atom stereocenters. The molecule has 7 nitrogen and oxygen atoms in total. The number of likely N-dealkylation sites (tertiary alicyclic amines) is 2. The Morgan fingerprint density at radius 3 is 2.59 bits per heavy atom. The number of carbonyl (C=O) groups is 2. The third-order valence-electron chi connectivity index (χ3n) is 6.05. The van der Waals surface area contributed by atoms with Gasteiger partial charge in [-0.2, -0.15) is 0 Å². The Balaban J connectivity index is 1.55. The molecule has 0 aliphatic carbocycles. The fourth-order valence-corrected chi connectivity index (χ4v) is 4.47. The summed E-state index contributed by atoms with van der Waals surface area (Å²) in [7, 11) is 1.57. The largest absolute Gasteiger partial charge is 0.496 e. The smallest absolute Gasteiger partial charge is 0.257 e. The molecular weight excluding hydrogens is 370 g/mol. The van der Waals surface area contributed by atoms with Crippen LogP contribution in [0.25, 0.3) is 0 Å². The molecule has 0 saturated carbocycles. The van der Waals surface area contributed by atoms with Gasteiger partial charge in [0, 0.05) is 45.7 Å². The summed E-state index contributed by atoms with van der Waals surface area (Å²) in [4.78, 5) is 28.3. The van der Waals surface area contributed by atoms with Gasteiger partial charge < -0.3 is 25.0 Å². The summed E-state index contributed by atoms with van der Waals surface area (Å²) >= 11 is 0. The van der Waals surface area contributed by atoms with Crippen molar-refractivity contribution >= 4 is 11.8 Å². The molecule has 2 aliphatic heterocycles. The molecule has 2 amide bonds. The SMILES string of the molecule is COc1ccccc1C(=O)N1CCC[C@](O)(CN2CCC(NC(C)=O)CC2)CC1. The van der Waals surface area contributed by atoms with Crippen LogP contribution in [0.1, 0.15) is 49.4 Å². The molecule has 1 aromatic carbocycles. The molecule has 0 aromatic heterocycles. The number of hydrogen-bond acceptors (Lipinski definition) is 5. The Morgan fingerprint density at radius 2 is 1.90 bits per heavy atom. The molecule has 160 valence electrons. The molecule has 0 spiro atoms. The van der Waals surface area contributed by atoms with Crippen LogP contribution in [0, 0.1) is 0 Å². The first kappa shape index (κ1) is 21.6. The van der Waals surface area contributed by atoms with Crippen molar-refractivity contribution in [1.82, 2.24) is 15.1 Å². The van der Waals surface area contributed by atoms with E-state index >= 15 is 0 Å². The number of para-hydroxylation sites is 1. The minimum absolute atomic E-state index is 0.0191. The molecule has 1 aromatic rings. The van der Waals surface area contributed by atoms with Crippen LogP contribution in [0.15, 0.2) is 24.3 Å². The Kier molecular flexibility index (Phi) is 7.14. The van der Waals surface area contributed by atoms with Crippen molar-refractivity contribution in [3.05, 3.63) is 29.8 Å². The molecule has 2 N–H and O–H groups in total. The van der Waals surface area contributed by atoms with E-state index in [0.29, 0.717) is 43.8 Å². The monoisotopic (exact) mass is 403 g/mol. The first-order valence-electron chi connectivity index (χ1n) is 10.5. The van der Waals surface area contributed by atoms with E-state index in [4.69, 9.17) is 4.74 Å². The fourth-order valence-electron chi connectivity index (χ4n) is 4.47. The first-order valence-corrected chi connectivity index (χ1v) is 10.5. The van der Waals surface area contributed by atoms with Crippen molar-refractivity contribution < 1.29 is 19.4 Å². The van der Waals surface area contributed by atoms with Gasteiger partial charge in [0.1, 0.15) is 5.75 Å². The van der Waals surface area contributed by atoms with Gasteiger partial charge >= 0.3 is 0 Å².